The topological polar surface area (TPSA) is 87.1 Å². The van der Waals surface area contributed by atoms with Gasteiger partial charge in [-0.2, -0.15) is 26.3 Å². The molecule has 0 unspecified atom stereocenters. The van der Waals surface area contributed by atoms with E-state index in [-0.39, 0.29) is 29.7 Å². The van der Waals surface area contributed by atoms with Crippen LogP contribution in [0.15, 0.2) is 36.4 Å². The molecular weight excluding hydrogens is 544 g/mol. The maximum atomic E-state index is 13.5. The number of halogens is 7. The number of benzene rings is 2. The van der Waals surface area contributed by atoms with E-state index in [2.05, 4.69) is 0 Å². The second-order valence-corrected chi connectivity index (χ2v) is 10.4. The molecule has 0 aromatic heterocycles. The fourth-order valence-electron chi connectivity index (χ4n) is 5.94. The summed E-state index contributed by atoms with van der Waals surface area (Å²) in [7, 11) is 0. The van der Waals surface area contributed by atoms with Crippen LogP contribution >= 0.6 is 11.6 Å². The Morgan fingerprint density at radius 2 is 1.58 bits per heavy atom. The molecule has 0 spiro atoms. The van der Waals surface area contributed by atoms with Crippen LogP contribution in [0.5, 0.6) is 5.75 Å². The summed E-state index contributed by atoms with van der Waals surface area (Å²) in [6.07, 6.45) is -11.3. The first-order valence-electron chi connectivity index (χ1n) is 11.6. The van der Waals surface area contributed by atoms with Crippen molar-refractivity contribution in [2.24, 2.45) is 23.7 Å². The molecule has 2 aliphatic heterocycles. The fourth-order valence-corrected chi connectivity index (χ4v) is 6.23. The Morgan fingerprint density at radius 1 is 0.974 bits per heavy atom. The molecule has 0 bridgehead atoms. The van der Waals surface area contributed by atoms with Gasteiger partial charge in [-0.25, -0.2) is 0 Å². The highest BCUT2D eigenvalue weighted by molar-refractivity contribution is 6.31. The zero-order valence-corrected chi connectivity index (χ0v) is 20.2. The van der Waals surface area contributed by atoms with Gasteiger partial charge in [0.2, 0.25) is 11.8 Å². The number of aliphatic hydroxyl groups is 1. The van der Waals surface area contributed by atoms with Gasteiger partial charge in [0.15, 0.2) is 5.79 Å². The van der Waals surface area contributed by atoms with E-state index in [0.717, 1.165) is 0 Å². The van der Waals surface area contributed by atoms with Crippen molar-refractivity contribution < 1.29 is 50.9 Å². The van der Waals surface area contributed by atoms with E-state index in [4.69, 9.17) is 16.3 Å². The normalized spacial score (nSPS) is 31.5. The predicted molar refractivity (Wildman–Crippen MR) is 120 cm³/mol. The Hall–Kier alpha value is -2.83. The Balaban J connectivity index is 1.55. The van der Waals surface area contributed by atoms with Crippen molar-refractivity contribution >= 4 is 29.1 Å². The number of nitrogens with zero attached hydrogens (tertiary/aromatic N) is 1. The lowest BCUT2D eigenvalue weighted by molar-refractivity contribution is -0.265. The highest BCUT2D eigenvalue weighted by Crippen LogP contribution is 2.59. The molecule has 3 fully saturated rings. The van der Waals surface area contributed by atoms with E-state index in [1.54, 1.807) is 6.92 Å². The van der Waals surface area contributed by atoms with Crippen LogP contribution in [0, 0.1) is 23.7 Å². The van der Waals surface area contributed by atoms with Crippen molar-refractivity contribution in [2.75, 3.05) is 4.90 Å². The van der Waals surface area contributed by atoms with Gasteiger partial charge in [0.25, 0.3) is 0 Å². The van der Waals surface area contributed by atoms with E-state index in [1.807, 2.05) is 0 Å². The van der Waals surface area contributed by atoms with Gasteiger partial charge >= 0.3 is 12.4 Å². The van der Waals surface area contributed by atoms with Gasteiger partial charge in [0.05, 0.1) is 39.8 Å². The Kier molecular flexibility index (Phi) is 6.05. The minimum Gasteiger partial charge on any atom is -0.508 e. The molecule has 2 N–H and O–H groups in total. The molecule has 5 rings (SSSR count). The van der Waals surface area contributed by atoms with E-state index in [9.17, 15) is 46.1 Å². The van der Waals surface area contributed by atoms with Crippen molar-refractivity contribution in [1.82, 2.24) is 0 Å². The van der Waals surface area contributed by atoms with Crippen molar-refractivity contribution in [3.63, 3.8) is 0 Å². The molecule has 1 aliphatic carbocycles. The van der Waals surface area contributed by atoms with Crippen LogP contribution in [0.25, 0.3) is 0 Å². The van der Waals surface area contributed by atoms with Crippen LogP contribution < -0.4 is 4.90 Å². The summed E-state index contributed by atoms with van der Waals surface area (Å²) in [6, 6.07) is 4.67. The molecule has 13 heteroatoms. The van der Waals surface area contributed by atoms with Gasteiger partial charge in [0.1, 0.15) is 5.75 Å². The summed E-state index contributed by atoms with van der Waals surface area (Å²) in [5.74, 6) is -8.01. The number of carbonyl (C=O) groups is 2. The summed E-state index contributed by atoms with van der Waals surface area (Å²) < 4.78 is 86.5. The monoisotopic (exact) mass is 563 g/mol. The number of amides is 2. The van der Waals surface area contributed by atoms with Gasteiger partial charge in [0, 0.05) is 11.8 Å². The molecule has 3 aliphatic rings. The highest BCUT2D eigenvalue weighted by atomic mass is 35.5. The Morgan fingerprint density at radius 3 is 2.13 bits per heavy atom. The minimum atomic E-state index is -5.17. The number of anilines is 1. The third kappa shape index (κ3) is 4.13. The van der Waals surface area contributed by atoms with Gasteiger partial charge in [-0.15, -0.1) is 0 Å². The number of phenols is 1. The smallest absolute Gasteiger partial charge is 0.416 e. The molecule has 2 saturated heterocycles. The average Bonchev–Trinajstić information content (AvgIpc) is 3.27. The molecule has 2 amide bonds. The van der Waals surface area contributed by atoms with E-state index >= 15 is 0 Å². The lowest BCUT2D eigenvalue weighted by atomic mass is 9.65. The second-order valence-electron chi connectivity index (χ2n) is 9.95. The third-order valence-electron chi connectivity index (χ3n) is 7.72. The lowest BCUT2D eigenvalue weighted by Crippen LogP contribution is -2.52. The molecule has 6 nitrogen and oxygen atoms in total. The van der Waals surface area contributed by atoms with Crippen LogP contribution in [-0.2, 0) is 26.7 Å². The number of rotatable bonds is 2. The van der Waals surface area contributed by atoms with Crippen LogP contribution in [-0.4, -0.2) is 27.8 Å². The van der Waals surface area contributed by atoms with E-state index in [1.165, 1.54) is 18.2 Å². The van der Waals surface area contributed by atoms with Gasteiger partial charge in [-0.05, 0) is 48.7 Å². The van der Waals surface area contributed by atoms with Crippen molar-refractivity contribution in [3.05, 3.63) is 58.1 Å². The minimum absolute atomic E-state index is 0.00421. The van der Waals surface area contributed by atoms with Crippen molar-refractivity contribution in [1.29, 1.82) is 0 Å². The molecule has 204 valence electrons. The number of hydrogen-bond acceptors (Lipinski definition) is 5. The summed E-state index contributed by atoms with van der Waals surface area (Å²) in [5, 5.41) is 21.2. The van der Waals surface area contributed by atoms with E-state index < -0.39 is 76.5 Å². The molecule has 2 aromatic rings. The fraction of sp³-hybridized carbons (Fsp3) is 0.440. The van der Waals surface area contributed by atoms with Gasteiger partial charge in [-0.1, -0.05) is 24.6 Å². The summed E-state index contributed by atoms with van der Waals surface area (Å²) in [6.45, 7) is 1.58. The molecule has 2 aromatic carbocycles. The lowest BCUT2D eigenvalue weighted by Gasteiger charge is -2.43. The maximum Gasteiger partial charge on any atom is 0.416 e. The van der Waals surface area contributed by atoms with Crippen LogP contribution in [0.1, 0.15) is 42.6 Å². The van der Waals surface area contributed by atoms with Crippen molar-refractivity contribution in [3.8, 4) is 5.75 Å². The molecule has 38 heavy (non-hydrogen) atoms. The summed E-state index contributed by atoms with van der Waals surface area (Å²) in [4.78, 5) is 27.2. The van der Waals surface area contributed by atoms with Crippen LogP contribution in [0.3, 0.4) is 0 Å². The number of imide groups is 1. The molecule has 6 atom stereocenters. The standard InChI is InChI=1S/C25H20ClF6NO5/c1-10-4-16-20(17-9-19(38-23(10,17)37)15-3-2-14(34)8-18(15)26)22(36)33(21(16)35)13-6-11(24(27,28)29)5-12(7-13)25(30,31)32/h2-3,5-8,10,16-17,19-20,34,37H,4,9H2,1H3/t10-,16-,17-,19-,20-,23+/m0/s1. The number of hydrogen-bond donors (Lipinski definition) is 2. The zero-order valence-electron chi connectivity index (χ0n) is 19.5. The SMILES string of the molecule is C[C@H]1C[C@@H]2C(=O)N(c3cc(C(F)(F)F)cc(C(F)(F)F)c3)C(=O)[C@@H]2[C@@H]2C[C@@H](c3ccc(O)cc3Cl)O[C@]12O. The van der Waals surface area contributed by atoms with Gasteiger partial charge in [-0.3, -0.25) is 14.5 Å². The number of alkyl halides is 6. The molecule has 0 radical (unpaired) electrons. The molecule has 1 saturated carbocycles. The number of ether oxygens (including phenoxy) is 1. The molecule has 2 heterocycles. The first-order valence-corrected chi connectivity index (χ1v) is 12.0. The first kappa shape index (κ1) is 26.8. The Bertz CT molecular complexity index is 1300. The summed E-state index contributed by atoms with van der Waals surface area (Å²) in [5.41, 5.74) is -3.76. The first-order chi connectivity index (χ1) is 17.5. The number of phenolic OH excluding ortho intramolecular Hbond substituents is 1. The van der Waals surface area contributed by atoms with Gasteiger partial charge < -0.3 is 14.9 Å². The number of aromatic hydroxyl groups is 1. The third-order valence-corrected chi connectivity index (χ3v) is 8.04. The van der Waals surface area contributed by atoms with Crippen LogP contribution in [0.2, 0.25) is 5.02 Å². The maximum absolute atomic E-state index is 13.5. The average molecular weight is 564 g/mol. The quantitative estimate of drug-likeness (QED) is 0.362. The van der Waals surface area contributed by atoms with Crippen molar-refractivity contribution in [2.45, 2.75) is 44.0 Å². The van der Waals surface area contributed by atoms with Crippen LogP contribution in [0.4, 0.5) is 32.0 Å². The Labute approximate surface area is 216 Å². The predicted octanol–water partition coefficient (Wildman–Crippen LogP) is 5.70. The number of fused-ring (bicyclic) bond motifs is 3. The molecular formula is C25H20ClF6NO5. The number of carbonyl (C=O) groups excluding carboxylic acids is 2. The highest BCUT2D eigenvalue weighted by Gasteiger charge is 2.66. The summed E-state index contributed by atoms with van der Waals surface area (Å²) >= 11 is 6.22. The zero-order chi connectivity index (χ0) is 27.9. The second kappa shape index (κ2) is 8.59. The van der Waals surface area contributed by atoms with E-state index in [0.29, 0.717) is 22.6 Å². The largest absolute Gasteiger partial charge is 0.508 e.